The van der Waals surface area contributed by atoms with Gasteiger partial charge in [0.2, 0.25) is 5.91 Å². The first kappa shape index (κ1) is 16.2. The van der Waals surface area contributed by atoms with Crippen molar-refractivity contribution in [2.24, 2.45) is 0 Å². The number of carbonyl (C=O) groups excluding carboxylic acids is 2. The molecule has 0 aliphatic rings. The lowest BCUT2D eigenvalue weighted by atomic mass is 10.4. The molecule has 8 heteroatoms. The van der Waals surface area contributed by atoms with Gasteiger partial charge in [-0.05, 0) is 13.3 Å². The molecule has 2 amide bonds. The van der Waals surface area contributed by atoms with Gasteiger partial charge in [-0.1, -0.05) is 18.3 Å². The van der Waals surface area contributed by atoms with Crippen LogP contribution in [0.3, 0.4) is 0 Å². The quantitative estimate of drug-likeness (QED) is 0.678. The summed E-state index contributed by atoms with van der Waals surface area (Å²) >= 11 is 1.22. The predicted molar refractivity (Wildman–Crippen MR) is 81.1 cm³/mol. The number of nitrogens with one attached hydrogen (secondary N) is 2. The summed E-state index contributed by atoms with van der Waals surface area (Å²) in [5.74, 6) is -0.395. The third-order valence-corrected chi connectivity index (χ3v) is 3.82. The summed E-state index contributed by atoms with van der Waals surface area (Å²) in [6.07, 6.45) is 0.855. The minimum atomic E-state index is -0.373. The number of aromatic nitrogens is 1. The van der Waals surface area contributed by atoms with E-state index < -0.39 is 0 Å². The molecule has 0 aliphatic heterocycles. The van der Waals surface area contributed by atoms with Crippen LogP contribution in [0.1, 0.15) is 29.9 Å². The number of nitrogen functional groups attached to an aromatic ring is 1. The zero-order valence-corrected chi connectivity index (χ0v) is 12.8. The second kappa shape index (κ2) is 7.68. The van der Waals surface area contributed by atoms with Gasteiger partial charge < -0.3 is 21.3 Å². The zero-order valence-electron chi connectivity index (χ0n) is 12.0. The number of nitrogens with two attached hydrogens (primary N) is 1. The van der Waals surface area contributed by atoms with Crippen molar-refractivity contribution in [3.63, 3.8) is 0 Å². The number of hydrogen-bond donors (Lipinski definition) is 3. The molecule has 0 saturated heterocycles. The maximum atomic E-state index is 11.9. The van der Waals surface area contributed by atoms with Crippen molar-refractivity contribution in [1.82, 2.24) is 15.6 Å². The highest BCUT2D eigenvalue weighted by molar-refractivity contribution is 7.18. The van der Waals surface area contributed by atoms with Gasteiger partial charge in [-0.2, -0.15) is 0 Å². The van der Waals surface area contributed by atoms with Gasteiger partial charge in [0.25, 0.3) is 5.91 Å². The van der Waals surface area contributed by atoms with E-state index >= 15 is 0 Å². The molecule has 0 radical (unpaired) electrons. The van der Waals surface area contributed by atoms with E-state index in [0.29, 0.717) is 16.6 Å². The molecular weight excluding hydrogens is 278 g/mol. The van der Waals surface area contributed by atoms with Crippen molar-refractivity contribution in [3.8, 4) is 0 Å². The molecule has 0 spiro atoms. The number of nitrogens with zero attached hydrogens (tertiary/aromatic N) is 2. The number of anilines is 2. The summed E-state index contributed by atoms with van der Waals surface area (Å²) < 4.78 is 0. The van der Waals surface area contributed by atoms with Crippen LogP contribution in [0.25, 0.3) is 0 Å². The minimum absolute atomic E-state index is 0.0604. The highest BCUT2D eigenvalue weighted by atomic mass is 32.1. The highest BCUT2D eigenvalue weighted by Gasteiger charge is 2.18. The minimum Gasteiger partial charge on any atom is -0.382 e. The Bertz CT molecular complexity index is 474. The Kier molecular flexibility index (Phi) is 6.23. The smallest absolute Gasteiger partial charge is 0.265 e. The monoisotopic (exact) mass is 299 g/mol. The van der Waals surface area contributed by atoms with E-state index in [1.165, 1.54) is 11.3 Å². The van der Waals surface area contributed by atoms with Gasteiger partial charge in [0.1, 0.15) is 10.7 Å². The third kappa shape index (κ3) is 4.37. The third-order valence-electron chi connectivity index (χ3n) is 2.63. The Morgan fingerprint density at radius 2 is 2.05 bits per heavy atom. The molecule has 20 heavy (non-hydrogen) atoms. The molecule has 0 saturated carbocycles. The molecule has 0 aromatic carbocycles. The SMILES string of the molecule is CCCNC(=O)CNC(=O)c1sc(N(C)CC)nc1N. The Morgan fingerprint density at radius 1 is 1.35 bits per heavy atom. The van der Waals surface area contributed by atoms with Crippen LogP contribution in [-0.4, -0.2) is 43.5 Å². The molecule has 1 heterocycles. The van der Waals surface area contributed by atoms with Crippen LogP contribution < -0.4 is 21.3 Å². The number of thiazole rings is 1. The number of rotatable bonds is 7. The Labute approximate surface area is 122 Å². The summed E-state index contributed by atoms with van der Waals surface area (Å²) in [6.45, 7) is 5.25. The zero-order chi connectivity index (χ0) is 15.1. The van der Waals surface area contributed by atoms with E-state index in [1.807, 2.05) is 25.8 Å². The van der Waals surface area contributed by atoms with Crippen molar-refractivity contribution < 1.29 is 9.59 Å². The summed E-state index contributed by atoms with van der Waals surface area (Å²) in [6, 6.07) is 0. The largest absolute Gasteiger partial charge is 0.382 e. The van der Waals surface area contributed by atoms with Gasteiger partial charge in [-0.3, -0.25) is 9.59 Å². The number of amides is 2. The lowest BCUT2D eigenvalue weighted by Gasteiger charge is -2.10. The molecule has 0 fully saturated rings. The second-order valence-corrected chi connectivity index (χ2v) is 5.24. The van der Waals surface area contributed by atoms with Crippen LogP contribution in [0.4, 0.5) is 10.9 Å². The van der Waals surface area contributed by atoms with Crippen LogP contribution in [-0.2, 0) is 4.79 Å². The maximum absolute atomic E-state index is 11.9. The first-order valence-electron chi connectivity index (χ1n) is 6.51. The van der Waals surface area contributed by atoms with Gasteiger partial charge >= 0.3 is 0 Å². The van der Waals surface area contributed by atoms with E-state index in [4.69, 9.17) is 5.73 Å². The molecule has 7 nitrogen and oxygen atoms in total. The maximum Gasteiger partial charge on any atom is 0.265 e. The summed E-state index contributed by atoms with van der Waals surface area (Å²) in [5.41, 5.74) is 5.73. The first-order valence-corrected chi connectivity index (χ1v) is 7.33. The number of carbonyl (C=O) groups is 2. The molecule has 4 N–H and O–H groups in total. The van der Waals surface area contributed by atoms with Crippen molar-refractivity contribution in [2.75, 3.05) is 37.3 Å². The van der Waals surface area contributed by atoms with Gasteiger partial charge in [0.05, 0.1) is 6.54 Å². The summed E-state index contributed by atoms with van der Waals surface area (Å²) in [7, 11) is 1.87. The molecular formula is C12H21N5O2S. The van der Waals surface area contributed by atoms with E-state index in [9.17, 15) is 9.59 Å². The van der Waals surface area contributed by atoms with Gasteiger partial charge in [-0.15, -0.1) is 0 Å². The van der Waals surface area contributed by atoms with E-state index in [-0.39, 0.29) is 24.2 Å². The van der Waals surface area contributed by atoms with Crippen molar-refractivity contribution in [1.29, 1.82) is 0 Å². The van der Waals surface area contributed by atoms with Gasteiger partial charge in [-0.25, -0.2) is 4.98 Å². The average Bonchev–Trinajstić information content (AvgIpc) is 2.83. The number of hydrogen-bond acceptors (Lipinski definition) is 6. The Balaban J connectivity index is 2.59. The second-order valence-electron chi connectivity index (χ2n) is 4.26. The van der Waals surface area contributed by atoms with Crippen molar-refractivity contribution >= 4 is 34.1 Å². The summed E-state index contributed by atoms with van der Waals surface area (Å²) in [5, 5.41) is 5.91. The molecule has 0 aliphatic carbocycles. The average molecular weight is 299 g/mol. The molecule has 1 rings (SSSR count). The molecule has 112 valence electrons. The topological polar surface area (TPSA) is 100 Å². The summed E-state index contributed by atoms with van der Waals surface area (Å²) in [4.78, 5) is 29.7. The fourth-order valence-corrected chi connectivity index (χ4v) is 2.28. The molecule has 0 atom stereocenters. The van der Waals surface area contributed by atoms with Crippen LogP contribution in [0.15, 0.2) is 0 Å². The Morgan fingerprint density at radius 3 is 2.65 bits per heavy atom. The van der Waals surface area contributed by atoms with Crippen LogP contribution in [0.2, 0.25) is 0 Å². The fourth-order valence-electron chi connectivity index (χ4n) is 1.35. The molecule has 1 aromatic rings. The van der Waals surface area contributed by atoms with E-state index in [2.05, 4.69) is 15.6 Å². The van der Waals surface area contributed by atoms with Crippen LogP contribution in [0.5, 0.6) is 0 Å². The van der Waals surface area contributed by atoms with Crippen LogP contribution in [0, 0.1) is 0 Å². The lowest BCUT2D eigenvalue weighted by Crippen LogP contribution is -2.37. The van der Waals surface area contributed by atoms with Crippen LogP contribution >= 0.6 is 11.3 Å². The standard InChI is InChI=1S/C12H21N5O2S/c1-4-6-14-8(18)7-15-11(19)9-10(13)16-12(20-9)17(3)5-2/h4-7,13H2,1-3H3,(H,14,18)(H,15,19). The van der Waals surface area contributed by atoms with E-state index in [0.717, 1.165) is 13.0 Å². The molecule has 0 bridgehead atoms. The first-order chi connectivity index (χ1) is 9.49. The normalized spacial score (nSPS) is 10.2. The predicted octanol–water partition coefficient (Wildman–Crippen LogP) is 0.437. The van der Waals surface area contributed by atoms with E-state index in [1.54, 1.807) is 0 Å². The highest BCUT2D eigenvalue weighted by Crippen LogP contribution is 2.26. The Hall–Kier alpha value is -1.83. The van der Waals surface area contributed by atoms with Crippen molar-refractivity contribution in [3.05, 3.63) is 4.88 Å². The van der Waals surface area contributed by atoms with Gasteiger partial charge in [0, 0.05) is 20.1 Å². The fraction of sp³-hybridized carbons (Fsp3) is 0.583. The molecule has 0 unspecified atom stereocenters. The lowest BCUT2D eigenvalue weighted by molar-refractivity contribution is -0.120. The van der Waals surface area contributed by atoms with Crippen molar-refractivity contribution in [2.45, 2.75) is 20.3 Å². The van der Waals surface area contributed by atoms with Gasteiger partial charge in [0.15, 0.2) is 5.13 Å². The molecule has 1 aromatic heterocycles.